The van der Waals surface area contributed by atoms with Crippen LogP contribution in [0.2, 0.25) is 10.0 Å². The first-order chi connectivity index (χ1) is 13.0. The van der Waals surface area contributed by atoms with Gasteiger partial charge in [0, 0.05) is 39.5 Å². The summed E-state index contributed by atoms with van der Waals surface area (Å²) in [7, 11) is 0. The van der Waals surface area contributed by atoms with Crippen molar-refractivity contribution in [1.29, 1.82) is 0 Å². The van der Waals surface area contributed by atoms with Gasteiger partial charge in [0.25, 0.3) is 0 Å². The van der Waals surface area contributed by atoms with E-state index in [1.165, 1.54) is 0 Å². The van der Waals surface area contributed by atoms with Crippen LogP contribution in [-0.4, -0.2) is 11.7 Å². The van der Waals surface area contributed by atoms with Gasteiger partial charge < -0.3 is 0 Å². The van der Waals surface area contributed by atoms with Gasteiger partial charge in [-0.1, -0.05) is 51.3 Å². The highest BCUT2D eigenvalue weighted by atomic mass is 79.9. The molecule has 0 aromatic heterocycles. The van der Waals surface area contributed by atoms with Crippen LogP contribution >= 0.6 is 39.1 Å². The number of carbonyl (C=O) groups excluding carboxylic acids is 2. The summed E-state index contributed by atoms with van der Waals surface area (Å²) in [6.07, 6.45) is 2.17. The molecule has 27 heavy (non-hydrogen) atoms. The molecule has 1 aliphatic carbocycles. The fraction of sp³-hybridized carbons (Fsp3) is 0.238. The topological polar surface area (TPSA) is 37.4 Å². The van der Waals surface area contributed by atoms with E-state index >= 15 is 0 Å². The predicted molar refractivity (Wildman–Crippen MR) is 111 cm³/mol. The van der Waals surface area contributed by atoms with E-state index in [1.54, 1.807) is 23.1 Å². The summed E-state index contributed by atoms with van der Waals surface area (Å²) in [6.45, 7) is 0. The van der Waals surface area contributed by atoms with Crippen molar-refractivity contribution in [3.8, 4) is 0 Å². The molecule has 0 saturated carbocycles. The Bertz CT molecular complexity index is 969. The molecular weight excluding hydrogens is 449 g/mol. The second-order valence-corrected chi connectivity index (χ2v) is 8.53. The van der Waals surface area contributed by atoms with E-state index in [0.29, 0.717) is 28.6 Å². The molecule has 0 saturated heterocycles. The number of ketones is 1. The molecule has 0 N–H and O–H groups in total. The Morgan fingerprint density at radius 2 is 1.74 bits per heavy atom. The Hall–Kier alpha value is -1.62. The second-order valence-electron chi connectivity index (χ2n) is 6.77. The van der Waals surface area contributed by atoms with Gasteiger partial charge in [0.05, 0.1) is 10.7 Å². The largest absolute Gasteiger partial charge is 0.294 e. The number of benzene rings is 2. The number of hydrogen-bond acceptors (Lipinski definition) is 2. The van der Waals surface area contributed by atoms with Gasteiger partial charge in [0.1, 0.15) is 0 Å². The highest BCUT2D eigenvalue weighted by Crippen LogP contribution is 2.45. The van der Waals surface area contributed by atoms with Crippen LogP contribution in [0.5, 0.6) is 0 Å². The van der Waals surface area contributed by atoms with Gasteiger partial charge in [-0.2, -0.15) is 0 Å². The maximum Gasteiger partial charge on any atom is 0.232 e. The van der Waals surface area contributed by atoms with Gasteiger partial charge in [-0.15, -0.1) is 0 Å². The minimum atomic E-state index is -0.233. The van der Waals surface area contributed by atoms with Crippen LogP contribution in [0.25, 0.3) is 0 Å². The third-order valence-electron chi connectivity index (χ3n) is 5.10. The molecule has 2 aromatic rings. The van der Waals surface area contributed by atoms with Gasteiger partial charge in [-0.05, 0) is 48.7 Å². The molecule has 138 valence electrons. The average molecular weight is 465 g/mol. The lowest BCUT2D eigenvalue weighted by atomic mass is 9.77. The average Bonchev–Trinajstić information content (AvgIpc) is 2.63. The lowest BCUT2D eigenvalue weighted by Crippen LogP contribution is -2.40. The smallest absolute Gasteiger partial charge is 0.232 e. The number of anilines is 1. The van der Waals surface area contributed by atoms with Crippen molar-refractivity contribution in [2.75, 3.05) is 4.90 Å². The normalized spacial score (nSPS) is 20.1. The Morgan fingerprint density at radius 1 is 1.00 bits per heavy atom. The number of Topliss-reactive ketones (excluding diaryl/α,β-unsaturated/α-hetero) is 1. The molecule has 2 aromatic carbocycles. The molecule has 1 atom stereocenters. The monoisotopic (exact) mass is 463 g/mol. The molecule has 1 heterocycles. The van der Waals surface area contributed by atoms with Crippen molar-refractivity contribution in [1.82, 2.24) is 0 Å². The molecule has 2 aliphatic rings. The Labute approximate surface area is 176 Å². The van der Waals surface area contributed by atoms with Gasteiger partial charge in [0.15, 0.2) is 5.78 Å². The van der Waals surface area contributed by atoms with Crippen LogP contribution in [0.3, 0.4) is 0 Å². The van der Waals surface area contributed by atoms with Gasteiger partial charge in [-0.3, -0.25) is 14.5 Å². The summed E-state index contributed by atoms with van der Waals surface area (Å²) in [5, 5.41) is 1.11. The Morgan fingerprint density at radius 3 is 2.44 bits per heavy atom. The first-order valence-electron chi connectivity index (χ1n) is 8.75. The van der Waals surface area contributed by atoms with Crippen LogP contribution < -0.4 is 4.90 Å². The third kappa shape index (κ3) is 3.46. The van der Waals surface area contributed by atoms with E-state index in [-0.39, 0.29) is 24.0 Å². The summed E-state index contributed by atoms with van der Waals surface area (Å²) in [6, 6.07) is 12.8. The molecule has 1 aliphatic heterocycles. The summed E-state index contributed by atoms with van der Waals surface area (Å²) in [5.74, 6) is -0.169. The van der Waals surface area contributed by atoms with Crippen molar-refractivity contribution in [2.45, 2.75) is 31.6 Å². The highest BCUT2D eigenvalue weighted by molar-refractivity contribution is 9.10. The lowest BCUT2D eigenvalue weighted by molar-refractivity contribution is -0.119. The Balaban J connectivity index is 1.87. The number of carbonyl (C=O) groups is 2. The zero-order valence-corrected chi connectivity index (χ0v) is 17.4. The zero-order valence-electron chi connectivity index (χ0n) is 14.3. The maximum atomic E-state index is 13.1. The minimum Gasteiger partial charge on any atom is -0.294 e. The molecule has 6 heteroatoms. The molecular formula is C21H16BrCl2NO2. The fourth-order valence-corrected chi connectivity index (χ4v) is 4.80. The van der Waals surface area contributed by atoms with E-state index in [0.717, 1.165) is 27.7 Å². The second kappa shape index (κ2) is 7.42. The quantitative estimate of drug-likeness (QED) is 0.524. The number of rotatable bonds is 2. The molecule has 1 amide bonds. The van der Waals surface area contributed by atoms with Crippen molar-refractivity contribution in [3.63, 3.8) is 0 Å². The third-order valence-corrected chi connectivity index (χ3v) is 6.15. The van der Waals surface area contributed by atoms with E-state index < -0.39 is 0 Å². The zero-order chi connectivity index (χ0) is 19.1. The first kappa shape index (κ1) is 18.7. The SMILES string of the molecule is O=C1CCCC2=C1C(c1ccc(Cl)cc1)CC(=O)N2c1ccc(Br)cc1Cl. The van der Waals surface area contributed by atoms with Crippen molar-refractivity contribution in [3.05, 3.63) is 73.8 Å². The van der Waals surface area contributed by atoms with Gasteiger partial charge >= 0.3 is 0 Å². The first-order valence-corrected chi connectivity index (χ1v) is 10.3. The number of amides is 1. The van der Waals surface area contributed by atoms with Crippen molar-refractivity contribution >= 4 is 56.5 Å². The van der Waals surface area contributed by atoms with Gasteiger partial charge in [0.2, 0.25) is 5.91 Å². The lowest BCUT2D eigenvalue weighted by Gasteiger charge is -2.38. The van der Waals surface area contributed by atoms with Crippen LogP contribution in [0.1, 0.15) is 37.2 Å². The van der Waals surface area contributed by atoms with E-state index in [2.05, 4.69) is 15.9 Å². The molecule has 4 rings (SSSR count). The molecule has 0 fully saturated rings. The molecule has 0 bridgehead atoms. The summed E-state index contributed by atoms with van der Waals surface area (Å²) in [4.78, 5) is 27.6. The summed E-state index contributed by atoms with van der Waals surface area (Å²) >= 11 is 15.8. The standard InChI is InChI=1S/C21H16BrCl2NO2/c22-13-6-9-17(16(24)10-13)25-18-2-1-3-19(26)21(18)15(11-20(25)27)12-4-7-14(23)8-5-12/h4-10,15H,1-3,11H2. The molecule has 0 radical (unpaired) electrons. The number of halogens is 3. The fourth-order valence-electron chi connectivity index (χ4n) is 3.91. The summed E-state index contributed by atoms with van der Waals surface area (Å²) in [5.41, 5.74) is 3.09. The molecule has 1 unspecified atom stereocenters. The molecule has 0 spiro atoms. The highest BCUT2D eigenvalue weighted by Gasteiger charge is 2.40. The minimum absolute atomic E-state index is 0.0485. The summed E-state index contributed by atoms with van der Waals surface area (Å²) < 4.78 is 0.841. The number of allylic oxidation sites excluding steroid dienone is 2. The van der Waals surface area contributed by atoms with Crippen LogP contribution in [0, 0.1) is 0 Å². The van der Waals surface area contributed by atoms with Crippen LogP contribution in [0.15, 0.2) is 58.2 Å². The van der Waals surface area contributed by atoms with Crippen LogP contribution in [-0.2, 0) is 9.59 Å². The maximum absolute atomic E-state index is 13.1. The number of hydrogen-bond donors (Lipinski definition) is 0. The Kier molecular flexibility index (Phi) is 5.15. The van der Waals surface area contributed by atoms with E-state index in [4.69, 9.17) is 23.2 Å². The molecule has 3 nitrogen and oxygen atoms in total. The van der Waals surface area contributed by atoms with Crippen molar-refractivity contribution in [2.24, 2.45) is 0 Å². The van der Waals surface area contributed by atoms with Gasteiger partial charge in [-0.25, -0.2) is 0 Å². The van der Waals surface area contributed by atoms with E-state index in [9.17, 15) is 9.59 Å². The number of nitrogens with zero attached hydrogens (tertiary/aromatic N) is 1. The van der Waals surface area contributed by atoms with E-state index in [1.807, 2.05) is 24.3 Å². The van der Waals surface area contributed by atoms with Crippen LogP contribution in [0.4, 0.5) is 5.69 Å². The van der Waals surface area contributed by atoms with Crippen molar-refractivity contribution < 1.29 is 9.59 Å². The predicted octanol–water partition coefficient (Wildman–Crippen LogP) is 6.28.